The highest BCUT2D eigenvalue weighted by atomic mass is 16.2. The Morgan fingerprint density at radius 3 is 2.43 bits per heavy atom. The van der Waals surface area contributed by atoms with Gasteiger partial charge in [0.15, 0.2) is 0 Å². The summed E-state index contributed by atoms with van der Waals surface area (Å²) in [6.07, 6.45) is 5.03. The molecule has 1 aromatic heterocycles. The number of benzene rings is 1. The quantitative estimate of drug-likeness (QED) is 0.724. The van der Waals surface area contributed by atoms with Crippen molar-refractivity contribution < 1.29 is 0 Å². The first kappa shape index (κ1) is 17.5. The van der Waals surface area contributed by atoms with Gasteiger partial charge in [0.2, 0.25) is 0 Å². The number of rotatable bonds is 7. The Morgan fingerprint density at radius 2 is 1.83 bits per heavy atom. The van der Waals surface area contributed by atoms with Gasteiger partial charge in [-0.25, -0.2) is 4.79 Å². The monoisotopic (exact) mass is 316 g/mol. The van der Waals surface area contributed by atoms with E-state index in [1.54, 1.807) is 4.57 Å². The summed E-state index contributed by atoms with van der Waals surface area (Å²) in [5.41, 5.74) is 1.48. The maximum absolute atomic E-state index is 13.0. The summed E-state index contributed by atoms with van der Waals surface area (Å²) in [6.45, 7) is 8.72. The molecule has 0 aliphatic rings. The number of nitrogens with zero attached hydrogens (tertiary/aromatic N) is 2. The molecular formula is C19H28N2O2. The zero-order valence-electron chi connectivity index (χ0n) is 14.8. The molecule has 4 heteroatoms. The van der Waals surface area contributed by atoms with Crippen molar-refractivity contribution >= 4 is 10.9 Å². The molecule has 0 aliphatic carbocycles. The van der Waals surface area contributed by atoms with Crippen LogP contribution in [0, 0.1) is 6.92 Å². The third kappa shape index (κ3) is 3.41. The van der Waals surface area contributed by atoms with Crippen LogP contribution < -0.4 is 11.2 Å². The molecule has 23 heavy (non-hydrogen) atoms. The van der Waals surface area contributed by atoms with Crippen molar-refractivity contribution in [2.24, 2.45) is 0 Å². The predicted octanol–water partition coefficient (Wildman–Crippen LogP) is 4.02. The second kappa shape index (κ2) is 7.62. The topological polar surface area (TPSA) is 44.0 Å². The summed E-state index contributed by atoms with van der Waals surface area (Å²) in [4.78, 5) is 25.8. The molecule has 0 saturated heterocycles. The van der Waals surface area contributed by atoms with E-state index in [2.05, 4.69) is 13.8 Å². The molecule has 1 aromatic carbocycles. The number of hydrogen-bond acceptors (Lipinski definition) is 2. The SMILES string of the molecule is CCCCCC(CC)n1c(=O)c2cc(C)ccc2n(CC)c1=O. The highest BCUT2D eigenvalue weighted by Gasteiger charge is 2.18. The minimum atomic E-state index is -0.169. The van der Waals surface area contributed by atoms with Gasteiger partial charge >= 0.3 is 5.69 Å². The summed E-state index contributed by atoms with van der Waals surface area (Å²) in [7, 11) is 0. The second-order valence-corrected chi connectivity index (χ2v) is 6.28. The molecule has 2 aromatic rings. The fourth-order valence-electron chi connectivity index (χ4n) is 3.28. The van der Waals surface area contributed by atoms with Crippen molar-refractivity contribution in [3.8, 4) is 0 Å². The Bertz CT molecular complexity index is 786. The first-order chi connectivity index (χ1) is 11.0. The Hall–Kier alpha value is -1.84. The third-order valence-electron chi connectivity index (χ3n) is 4.62. The standard InChI is InChI=1S/C19H28N2O2/c1-5-8-9-10-15(6-2)21-18(22)16-13-14(4)11-12-17(16)20(7-3)19(21)23/h11-13,15H,5-10H2,1-4H3. The van der Waals surface area contributed by atoms with Gasteiger partial charge in [-0.05, 0) is 38.8 Å². The highest BCUT2D eigenvalue weighted by molar-refractivity contribution is 5.78. The minimum absolute atomic E-state index is 0.00994. The van der Waals surface area contributed by atoms with Gasteiger partial charge in [0.25, 0.3) is 5.56 Å². The van der Waals surface area contributed by atoms with Crippen LogP contribution in [0.5, 0.6) is 0 Å². The number of aromatic nitrogens is 2. The number of unbranched alkanes of at least 4 members (excludes halogenated alkanes) is 2. The van der Waals surface area contributed by atoms with Crippen LogP contribution in [0.25, 0.3) is 10.9 Å². The van der Waals surface area contributed by atoms with Crippen LogP contribution in [0.2, 0.25) is 0 Å². The molecule has 2 rings (SSSR count). The normalized spacial score (nSPS) is 12.7. The van der Waals surface area contributed by atoms with Crippen molar-refractivity contribution in [2.75, 3.05) is 0 Å². The van der Waals surface area contributed by atoms with Gasteiger partial charge in [0.05, 0.1) is 10.9 Å². The average molecular weight is 316 g/mol. The van der Waals surface area contributed by atoms with Crippen LogP contribution in [0.4, 0.5) is 0 Å². The summed E-state index contributed by atoms with van der Waals surface area (Å²) >= 11 is 0. The maximum atomic E-state index is 13.0. The predicted molar refractivity (Wildman–Crippen MR) is 96.3 cm³/mol. The fraction of sp³-hybridized carbons (Fsp3) is 0.579. The Balaban J connectivity index is 2.67. The number of aryl methyl sites for hydroxylation is 2. The third-order valence-corrected chi connectivity index (χ3v) is 4.62. The van der Waals surface area contributed by atoms with E-state index in [0.717, 1.165) is 43.2 Å². The van der Waals surface area contributed by atoms with E-state index in [1.807, 2.05) is 32.0 Å². The Morgan fingerprint density at radius 1 is 1.09 bits per heavy atom. The van der Waals surface area contributed by atoms with Gasteiger partial charge in [-0.3, -0.25) is 13.9 Å². The lowest BCUT2D eigenvalue weighted by Crippen LogP contribution is -2.42. The van der Waals surface area contributed by atoms with E-state index in [0.29, 0.717) is 11.9 Å². The molecule has 0 aliphatic heterocycles. The molecule has 0 N–H and O–H groups in total. The maximum Gasteiger partial charge on any atom is 0.331 e. The van der Waals surface area contributed by atoms with E-state index < -0.39 is 0 Å². The Kier molecular flexibility index (Phi) is 5.80. The molecule has 1 heterocycles. The molecule has 0 radical (unpaired) electrons. The van der Waals surface area contributed by atoms with Crippen LogP contribution in [0.15, 0.2) is 27.8 Å². The van der Waals surface area contributed by atoms with Crippen LogP contribution in [-0.2, 0) is 6.54 Å². The van der Waals surface area contributed by atoms with Crippen molar-refractivity contribution in [3.05, 3.63) is 44.6 Å². The number of fused-ring (bicyclic) bond motifs is 1. The average Bonchev–Trinajstić information content (AvgIpc) is 2.54. The lowest BCUT2D eigenvalue weighted by Gasteiger charge is -2.20. The zero-order chi connectivity index (χ0) is 17.0. The molecule has 0 saturated carbocycles. The molecule has 4 nitrogen and oxygen atoms in total. The largest absolute Gasteiger partial charge is 0.331 e. The minimum Gasteiger partial charge on any atom is -0.293 e. The van der Waals surface area contributed by atoms with Gasteiger partial charge in [0, 0.05) is 12.6 Å². The van der Waals surface area contributed by atoms with E-state index in [1.165, 1.54) is 4.57 Å². The molecule has 0 bridgehead atoms. The molecule has 0 spiro atoms. The van der Waals surface area contributed by atoms with Crippen molar-refractivity contribution in [3.63, 3.8) is 0 Å². The van der Waals surface area contributed by atoms with Crippen molar-refractivity contribution in [1.29, 1.82) is 0 Å². The van der Waals surface area contributed by atoms with Gasteiger partial charge < -0.3 is 0 Å². The van der Waals surface area contributed by atoms with Crippen LogP contribution >= 0.6 is 0 Å². The summed E-state index contributed by atoms with van der Waals surface area (Å²) < 4.78 is 3.22. The summed E-state index contributed by atoms with van der Waals surface area (Å²) in [6, 6.07) is 5.73. The molecule has 0 amide bonds. The summed E-state index contributed by atoms with van der Waals surface area (Å²) in [5.74, 6) is 0. The first-order valence-corrected chi connectivity index (χ1v) is 8.80. The molecular weight excluding hydrogens is 288 g/mol. The lowest BCUT2D eigenvalue weighted by molar-refractivity contribution is 0.398. The van der Waals surface area contributed by atoms with Gasteiger partial charge in [-0.1, -0.05) is 44.7 Å². The Labute approximate surface area is 137 Å². The second-order valence-electron chi connectivity index (χ2n) is 6.28. The van der Waals surface area contributed by atoms with Crippen LogP contribution in [0.3, 0.4) is 0 Å². The summed E-state index contributed by atoms with van der Waals surface area (Å²) in [5, 5.41) is 0.653. The zero-order valence-corrected chi connectivity index (χ0v) is 14.8. The lowest BCUT2D eigenvalue weighted by atomic mass is 10.1. The molecule has 1 unspecified atom stereocenters. The van der Waals surface area contributed by atoms with Gasteiger partial charge in [-0.15, -0.1) is 0 Å². The molecule has 1 atom stereocenters. The van der Waals surface area contributed by atoms with Crippen molar-refractivity contribution in [2.45, 2.75) is 72.4 Å². The van der Waals surface area contributed by atoms with Gasteiger partial charge in [-0.2, -0.15) is 0 Å². The van der Waals surface area contributed by atoms with Gasteiger partial charge in [0.1, 0.15) is 0 Å². The number of hydrogen-bond donors (Lipinski definition) is 0. The van der Waals surface area contributed by atoms with Crippen LogP contribution in [0.1, 0.15) is 64.5 Å². The molecule has 0 fully saturated rings. The fourth-order valence-corrected chi connectivity index (χ4v) is 3.28. The van der Waals surface area contributed by atoms with Crippen LogP contribution in [-0.4, -0.2) is 9.13 Å². The van der Waals surface area contributed by atoms with E-state index in [9.17, 15) is 9.59 Å². The molecule has 126 valence electrons. The first-order valence-electron chi connectivity index (χ1n) is 8.80. The smallest absolute Gasteiger partial charge is 0.293 e. The highest BCUT2D eigenvalue weighted by Crippen LogP contribution is 2.18. The van der Waals surface area contributed by atoms with Crippen molar-refractivity contribution in [1.82, 2.24) is 9.13 Å². The van der Waals surface area contributed by atoms with E-state index in [-0.39, 0.29) is 17.3 Å². The van der Waals surface area contributed by atoms with E-state index in [4.69, 9.17) is 0 Å². The van der Waals surface area contributed by atoms with E-state index >= 15 is 0 Å².